The van der Waals surface area contributed by atoms with E-state index < -0.39 is 0 Å². The van der Waals surface area contributed by atoms with E-state index >= 15 is 0 Å². The van der Waals surface area contributed by atoms with E-state index in [4.69, 9.17) is 0 Å². The Morgan fingerprint density at radius 1 is 1.20 bits per heavy atom. The summed E-state index contributed by atoms with van der Waals surface area (Å²) in [6.45, 7) is 5.33. The SMILES string of the molecule is CN1CCC(=O)C(CN2CCCCC2)C1. The first kappa shape index (κ1) is 11.1. The molecule has 86 valence electrons. The second-order valence-corrected chi connectivity index (χ2v) is 5.04. The van der Waals surface area contributed by atoms with Gasteiger partial charge in [-0.3, -0.25) is 4.79 Å². The van der Waals surface area contributed by atoms with Gasteiger partial charge < -0.3 is 9.80 Å². The molecule has 15 heavy (non-hydrogen) atoms. The highest BCUT2D eigenvalue weighted by Gasteiger charge is 2.27. The topological polar surface area (TPSA) is 23.6 Å². The third-order valence-electron chi connectivity index (χ3n) is 3.65. The molecule has 3 heteroatoms. The monoisotopic (exact) mass is 210 g/mol. The number of likely N-dealkylation sites (tertiary alicyclic amines) is 2. The van der Waals surface area contributed by atoms with Gasteiger partial charge in [-0.1, -0.05) is 6.42 Å². The highest BCUT2D eigenvalue weighted by molar-refractivity contribution is 5.82. The average Bonchev–Trinajstić information content (AvgIpc) is 2.25. The van der Waals surface area contributed by atoms with Crippen molar-refractivity contribution in [2.45, 2.75) is 25.7 Å². The van der Waals surface area contributed by atoms with Crippen molar-refractivity contribution in [2.75, 3.05) is 39.8 Å². The fraction of sp³-hybridized carbons (Fsp3) is 0.917. The molecule has 2 rings (SSSR count). The minimum Gasteiger partial charge on any atom is -0.305 e. The largest absolute Gasteiger partial charge is 0.305 e. The van der Waals surface area contributed by atoms with Crippen LogP contribution in [0.4, 0.5) is 0 Å². The molecule has 2 heterocycles. The van der Waals surface area contributed by atoms with Gasteiger partial charge in [-0.05, 0) is 33.0 Å². The van der Waals surface area contributed by atoms with Crippen LogP contribution in [0.5, 0.6) is 0 Å². The van der Waals surface area contributed by atoms with E-state index in [2.05, 4.69) is 16.8 Å². The van der Waals surface area contributed by atoms with E-state index in [1.165, 1.54) is 32.4 Å². The number of rotatable bonds is 2. The lowest BCUT2D eigenvalue weighted by Gasteiger charge is -2.34. The lowest BCUT2D eigenvalue weighted by Crippen LogP contribution is -2.45. The molecule has 0 bridgehead atoms. The molecule has 2 saturated heterocycles. The minimum atomic E-state index is 0.279. The molecule has 0 aliphatic carbocycles. The van der Waals surface area contributed by atoms with Crippen LogP contribution >= 0.6 is 0 Å². The standard InChI is InChI=1S/C12H22N2O/c1-13-8-5-12(15)11(9-13)10-14-6-3-2-4-7-14/h11H,2-10H2,1H3. The molecule has 2 fully saturated rings. The van der Waals surface area contributed by atoms with E-state index in [1.54, 1.807) is 0 Å². The van der Waals surface area contributed by atoms with Gasteiger partial charge in [0.2, 0.25) is 0 Å². The van der Waals surface area contributed by atoms with Gasteiger partial charge in [0.05, 0.1) is 0 Å². The van der Waals surface area contributed by atoms with Crippen LogP contribution in [0.25, 0.3) is 0 Å². The van der Waals surface area contributed by atoms with Crippen LogP contribution in [-0.2, 0) is 4.79 Å². The Labute approximate surface area is 92.4 Å². The Balaban J connectivity index is 1.83. The lowest BCUT2D eigenvalue weighted by atomic mass is 9.95. The van der Waals surface area contributed by atoms with Gasteiger partial charge >= 0.3 is 0 Å². The molecule has 2 aliphatic rings. The van der Waals surface area contributed by atoms with Crippen LogP contribution in [0.2, 0.25) is 0 Å². The number of piperidine rings is 2. The van der Waals surface area contributed by atoms with Crippen LogP contribution in [0.3, 0.4) is 0 Å². The molecule has 0 N–H and O–H groups in total. The van der Waals surface area contributed by atoms with Crippen LogP contribution in [0.1, 0.15) is 25.7 Å². The number of Topliss-reactive ketones (excluding diaryl/α,β-unsaturated/α-hetero) is 1. The molecule has 1 atom stereocenters. The van der Waals surface area contributed by atoms with Crippen molar-refractivity contribution in [3.8, 4) is 0 Å². The molecule has 0 saturated carbocycles. The molecule has 3 nitrogen and oxygen atoms in total. The van der Waals surface area contributed by atoms with Crippen molar-refractivity contribution in [3.63, 3.8) is 0 Å². The molecule has 0 spiro atoms. The molecule has 0 radical (unpaired) electrons. The van der Waals surface area contributed by atoms with Crippen LogP contribution < -0.4 is 0 Å². The fourth-order valence-corrected chi connectivity index (χ4v) is 2.69. The summed E-state index contributed by atoms with van der Waals surface area (Å²) in [4.78, 5) is 16.5. The van der Waals surface area contributed by atoms with E-state index in [-0.39, 0.29) is 5.92 Å². The molecule has 0 aromatic heterocycles. The first-order valence-electron chi connectivity index (χ1n) is 6.19. The Kier molecular flexibility index (Phi) is 3.76. The minimum absolute atomic E-state index is 0.279. The molecular formula is C12H22N2O. The summed E-state index contributed by atoms with van der Waals surface area (Å²) in [6.07, 6.45) is 4.76. The zero-order valence-corrected chi connectivity index (χ0v) is 9.74. The van der Waals surface area contributed by atoms with E-state index in [0.717, 1.165) is 26.1 Å². The van der Waals surface area contributed by atoms with Gasteiger partial charge in [0.25, 0.3) is 0 Å². The van der Waals surface area contributed by atoms with Gasteiger partial charge in [0, 0.05) is 32.0 Å². The predicted molar refractivity (Wildman–Crippen MR) is 60.9 cm³/mol. The molecule has 2 aliphatic heterocycles. The van der Waals surface area contributed by atoms with Crippen LogP contribution in [0.15, 0.2) is 0 Å². The highest BCUT2D eigenvalue weighted by Crippen LogP contribution is 2.16. The Hall–Kier alpha value is -0.410. The van der Waals surface area contributed by atoms with Gasteiger partial charge in [-0.2, -0.15) is 0 Å². The second kappa shape index (κ2) is 5.08. The number of ketones is 1. The summed E-state index contributed by atoms with van der Waals surface area (Å²) in [5.41, 5.74) is 0. The summed E-state index contributed by atoms with van der Waals surface area (Å²) in [5, 5.41) is 0. The molecule has 1 unspecified atom stereocenters. The highest BCUT2D eigenvalue weighted by atomic mass is 16.1. The normalized spacial score (nSPS) is 30.7. The van der Waals surface area contributed by atoms with Gasteiger partial charge in [-0.25, -0.2) is 0 Å². The van der Waals surface area contributed by atoms with Gasteiger partial charge in [0.15, 0.2) is 0 Å². The Morgan fingerprint density at radius 2 is 1.93 bits per heavy atom. The van der Waals surface area contributed by atoms with Gasteiger partial charge in [-0.15, -0.1) is 0 Å². The van der Waals surface area contributed by atoms with Crippen molar-refractivity contribution in [1.29, 1.82) is 0 Å². The predicted octanol–water partition coefficient (Wildman–Crippen LogP) is 0.993. The number of hydrogen-bond acceptors (Lipinski definition) is 3. The zero-order valence-electron chi connectivity index (χ0n) is 9.74. The lowest BCUT2D eigenvalue weighted by molar-refractivity contribution is -0.126. The maximum Gasteiger partial charge on any atom is 0.139 e. The first-order valence-corrected chi connectivity index (χ1v) is 6.19. The summed E-state index contributed by atoms with van der Waals surface area (Å²) in [7, 11) is 2.12. The quantitative estimate of drug-likeness (QED) is 0.679. The van der Waals surface area contributed by atoms with Crippen LogP contribution in [0, 0.1) is 5.92 Å². The van der Waals surface area contributed by atoms with Crippen molar-refractivity contribution >= 4 is 5.78 Å². The summed E-state index contributed by atoms with van der Waals surface area (Å²) < 4.78 is 0. The van der Waals surface area contributed by atoms with Crippen molar-refractivity contribution in [2.24, 2.45) is 5.92 Å². The molecule has 0 aromatic rings. The Morgan fingerprint density at radius 3 is 2.67 bits per heavy atom. The van der Waals surface area contributed by atoms with Gasteiger partial charge in [0.1, 0.15) is 5.78 Å². The zero-order chi connectivity index (χ0) is 10.7. The number of hydrogen-bond donors (Lipinski definition) is 0. The number of carbonyl (C=O) groups is 1. The second-order valence-electron chi connectivity index (χ2n) is 5.04. The fourth-order valence-electron chi connectivity index (χ4n) is 2.69. The molecular weight excluding hydrogens is 188 g/mol. The first-order chi connectivity index (χ1) is 7.25. The number of nitrogens with zero attached hydrogens (tertiary/aromatic N) is 2. The van der Waals surface area contributed by atoms with E-state index in [1.807, 2.05) is 0 Å². The summed E-state index contributed by atoms with van der Waals surface area (Å²) in [5.74, 6) is 0.764. The smallest absolute Gasteiger partial charge is 0.139 e. The summed E-state index contributed by atoms with van der Waals surface area (Å²) in [6, 6.07) is 0. The summed E-state index contributed by atoms with van der Waals surface area (Å²) >= 11 is 0. The molecule has 0 amide bonds. The van der Waals surface area contributed by atoms with E-state index in [9.17, 15) is 4.79 Å². The Bertz CT molecular complexity index is 224. The van der Waals surface area contributed by atoms with Crippen LogP contribution in [-0.4, -0.2) is 55.4 Å². The third kappa shape index (κ3) is 3.02. The van der Waals surface area contributed by atoms with Crippen molar-refractivity contribution in [1.82, 2.24) is 9.80 Å². The third-order valence-corrected chi connectivity index (χ3v) is 3.65. The average molecular weight is 210 g/mol. The molecule has 0 aromatic carbocycles. The van der Waals surface area contributed by atoms with Crippen molar-refractivity contribution < 1.29 is 4.79 Å². The maximum atomic E-state index is 11.8. The maximum absolute atomic E-state index is 11.8. The van der Waals surface area contributed by atoms with E-state index in [0.29, 0.717) is 5.78 Å². The van der Waals surface area contributed by atoms with Crippen molar-refractivity contribution in [3.05, 3.63) is 0 Å². The number of carbonyl (C=O) groups excluding carboxylic acids is 1.